The molecule has 2 atom stereocenters. The molecule has 7 heteroatoms. The Balaban J connectivity index is 2.21. The molecule has 0 aliphatic carbocycles. The van der Waals surface area contributed by atoms with Crippen LogP contribution < -0.4 is 10.6 Å². The van der Waals surface area contributed by atoms with Gasteiger partial charge in [0, 0.05) is 5.69 Å². The van der Waals surface area contributed by atoms with Crippen molar-refractivity contribution in [2.45, 2.75) is 44.8 Å². The number of para-hydroxylation sites is 1. The van der Waals surface area contributed by atoms with Crippen LogP contribution in [0.15, 0.2) is 30.3 Å². The number of hydrogen-bond acceptors (Lipinski definition) is 3. The highest BCUT2D eigenvalue weighted by molar-refractivity contribution is 7.80. The van der Waals surface area contributed by atoms with Gasteiger partial charge in [0.25, 0.3) is 0 Å². The molecule has 1 aliphatic rings. The van der Waals surface area contributed by atoms with E-state index in [1.807, 2.05) is 37.3 Å². The lowest BCUT2D eigenvalue weighted by atomic mass is 10.0. The number of carbonyl (C=O) groups is 2. The zero-order valence-corrected chi connectivity index (χ0v) is 13.8. The van der Waals surface area contributed by atoms with Gasteiger partial charge >= 0.3 is 5.97 Å². The van der Waals surface area contributed by atoms with Crippen molar-refractivity contribution in [1.29, 1.82) is 0 Å². The van der Waals surface area contributed by atoms with Crippen LogP contribution in [0.4, 0.5) is 5.69 Å². The van der Waals surface area contributed by atoms with Gasteiger partial charge < -0.3 is 20.6 Å². The first-order valence-electron chi connectivity index (χ1n) is 7.69. The third kappa shape index (κ3) is 4.41. The molecule has 1 saturated heterocycles. The van der Waals surface area contributed by atoms with E-state index in [9.17, 15) is 14.7 Å². The summed E-state index contributed by atoms with van der Waals surface area (Å²) in [6.07, 6.45) is 1.98. The van der Waals surface area contributed by atoms with Crippen molar-refractivity contribution < 1.29 is 14.7 Å². The second-order valence-corrected chi connectivity index (χ2v) is 5.87. The van der Waals surface area contributed by atoms with Gasteiger partial charge in [-0.1, -0.05) is 31.5 Å². The number of nitrogens with zero attached hydrogens (tertiary/aromatic N) is 1. The summed E-state index contributed by atoms with van der Waals surface area (Å²) in [6, 6.07) is 8.38. The number of amides is 1. The van der Waals surface area contributed by atoms with Gasteiger partial charge in [-0.15, -0.1) is 0 Å². The van der Waals surface area contributed by atoms with E-state index in [0.717, 1.165) is 18.5 Å². The predicted molar refractivity (Wildman–Crippen MR) is 92.0 cm³/mol. The van der Waals surface area contributed by atoms with E-state index >= 15 is 0 Å². The Bertz CT molecular complexity index is 579. The smallest absolute Gasteiger partial charge is 0.327 e. The fraction of sp³-hybridized carbons (Fsp3) is 0.438. The molecular weight excluding hydrogens is 314 g/mol. The Kier molecular flexibility index (Phi) is 5.92. The zero-order valence-electron chi connectivity index (χ0n) is 13.0. The molecule has 6 nitrogen and oxygen atoms in total. The molecule has 0 spiro atoms. The molecule has 2 rings (SSSR count). The van der Waals surface area contributed by atoms with Crippen LogP contribution in [0.5, 0.6) is 0 Å². The Morgan fingerprint density at radius 1 is 1.43 bits per heavy atom. The van der Waals surface area contributed by atoms with Crippen molar-refractivity contribution in [2.75, 3.05) is 5.32 Å². The van der Waals surface area contributed by atoms with E-state index in [4.69, 9.17) is 12.2 Å². The third-order valence-electron chi connectivity index (χ3n) is 3.75. The molecule has 0 unspecified atom stereocenters. The lowest BCUT2D eigenvalue weighted by Gasteiger charge is -2.41. The Hall–Kier alpha value is -2.15. The van der Waals surface area contributed by atoms with E-state index in [0.29, 0.717) is 11.5 Å². The number of hydrogen-bond donors (Lipinski definition) is 3. The number of nitrogens with one attached hydrogen (secondary N) is 2. The molecule has 0 saturated carbocycles. The predicted octanol–water partition coefficient (Wildman–Crippen LogP) is 2.17. The summed E-state index contributed by atoms with van der Waals surface area (Å²) in [7, 11) is 0. The van der Waals surface area contributed by atoms with Crippen molar-refractivity contribution in [3.05, 3.63) is 30.3 Å². The second-order valence-electron chi connectivity index (χ2n) is 5.49. The van der Waals surface area contributed by atoms with Crippen LogP contribution in [-0.4, -0.2) is 39.2 Å². The van der Waals surface area contributed by atoms with E-state index in [2.05, 4.69) is 10.6 Å². The highest BCUT2D eigenvalue weighted by atomic mass is 32.1. The van der Waals surface area contributed by atoms with Crippen LogP contribution >= 0.6 is 12.2 Å². The number of anilines is 1. The molecule has 124 valence electrons. The molecule has 0 radical (unpaired) electrons. The number of unbranched alkanes of at least 4 members (excludes halogenated alkanes) is 1. The maximum atomic E-state index is 11.8. The average molecular weight is 335 g/mol. The van der Waals surface area contributed by atoms with Crippen LogP contribution in [0, 0.1) is 0 Å². The molecule has 3 N–H and O–H groups in total. The normalized spacial score (nSPS) is 20.7. The van der Waals surface area contributed by atoms with Crippen LogP contribution in [-0.2, 0) is 9.59 Å². The highest BCUT2D eigenvalue weighted by Crippen LogP contribution is 2.20. The average Bonchev–Trinajstić information content (AvgIpc) is 2.53. The van der Waals surface area contributed by atoms with Crippen molar-refractivity contribution in [2.24, 2.45) is 0 Å². The van der Waals surface area contributed by atoms with Gasteiger partial charge in [-0.2, -0.15) is 0 Å². The first kappa shape index (κ1) is 17.2. The molecule has 1 heterocycles. The molecule has 23 heavy (non-hydrogen) atoms. The van der Waals surface area contributed by atoms with E-state index in [1.54, 1.807) is 4.90 Å². The van der Waals surface area contributed by atoms with Crippen molar-refractivity contribution in [3.8, 4) is 0 Å². The molecule has 1 aromatic rings. The maximum Gasteiger partial charge on any atom is 0.327 e. The Labute approximate surface area is 140 Å². The van der Waals surface area contributed by atoms with Gasteiger partial charge in [-0.25, -0.2) is 4.79 Å². The quantitative estimate of drug-likeness (QED) is 0.716. The molecule has 1 aromatic carbocycles. The van der Waals surface area contributed by atoms with Crippen LogP contribution in [0.25, 0.3) is 0 Å². The fourth-order valence-corrected chi connectivity index (χ4v) is 2.99. The monoisotopic (exact) mass is 335 g/mol. The minimum absolute atomic E-state index is 0.103. The van der Waals surface area contributed by atoms with Crippen molar-refractivity contribution in [1.82, 2.24) is 10.2 Å². The SMILES string of the molecule is CCCC[C@H]1NC(=O)C[C@@H](C(=O)O)N1C(=S)Nc1ccccc1. The minimum Gasteiger partial charge on any atom is -0.480 e. The number of thiocarbonyl (C=S) groups is 1. The lowest BCUT2D eigenvalue weighted by molar-refractivity contribution is -0.148. The largest absolute Gasteiger partial charge is 0.480 e. The zero-order chi connectivity index (χ0) is 16.8. The number of benzene rings is 1. The summed E-state index contributed by atoms with van der Waals surface area (Å²) in [5, 5.41) is 15.7. The van der Waals surface area contributed by atoms with Gasteiger partial charge in [-0.3, -0.25) is 4.79 Å². The Morgan fingerprint density at radius 3 is 2.74 bits per heavy atom. The highest BCUT2D eigenvalue weighted by Gasteiger charge is 2.39. The van der Waals surface area contributed by atoms with Gasteiger partial charge in [0.15, 0.2) is 5.11 Å². The van der Waals surface area contributed by atoms with Gasteiger partial charge in [-0.05, 0) is 37.2 Å². The summed E-state index contributed by atoms with van der Waals surface area (Å²) in [5.74, 6) is -1.30. The van der Waals surface area contributed by atoms with Gasteiger partial charge in [0.1, 0.15) is 12.2 Å². The molecule has 1 aliphatic heterocycles. The molecule has 0 bridgehead atoms. The Morgan fingerprint density at radius 2 is 2.13 bits per heavy atom. The van der Waals surface area contributed by atoms with Crippen LogP contribution in [0.2, 0.25) is 0 Å². The molecule has 1 amide bonds. The third-order valence-corrected chi connectivity index (χ3v) is 4.07. The number of carboxylic acid groups (broad SMARTS) is 1. The molecular formula is C16H21N3O3S. The topological polar surface area (TPSA) is 81.7 Å². The van der Waals surface area contributed by atoms with Gasteiger partial charge in [0.2, 0.25) is 5.91 Å². The van der Waals surface area contributed by atoms with Crippen molar-refractivity contribution in [3.63, 3.8) is 0 Å². The summed E-state index contributed by atoms with van der Waals surface area (Å²) < 4.78 is 0. The van der Waals surface area contributed by atoms with E-state index in [1.165, 1.54) is 0 Å². The fourth-order valence-electron chi connectivity index (χ4n) is 2.61. The lowest BCUT2D eigenvalue weighted by Crippen LogP contribution is -2.63. The number of aliphatic carboxylic acids is 1. The molecule has 1 fully saturated rings. The second kappa shape index (κ2) is 7.92. The summed E-state index contributed by atoms with van der Waals surface area (Å²) in [6.45, 7) is 2.05. The maximum absolute atomic E-state index is 11.8. The van der Waals surface area contributed by atoms with E-state index < -0.39 is 18.2 Å². The van der Waals surface area contributed by atoms with Gasteiger partial charge in [0.05, 0.1) is 6.42 Å². The first-order chi connectivity index (χ1) is 11.0. The van der Waals surface area contributed by atoms with Crippen LogP contribution in [0.1, 0.15) is 32.6 Å². The number of carboxylic acids is 1. The minimum atomic E-state index is -1.04. The summed E-state index contributed by atoms with van der Waals surface area (Å²) in [4.78, 5) is 25.0. The standard InChI is InChI=1S/C16H21N3O3S/c1-2-3-9-13-18-14(20)10-12(15(21)22)19(13)16(23)17-11-7-5-4-6-8-11/h4-8,12-13H,2-3,9-10H2,1H3,(H,17,23)(H,18,20)(H,21,22)/t12-,13-/m0/s1. The van der Waals surface area contributed by atoms with Crippen LogP contribution in [0.3, 0.4) is 0 Å². The number of carbonyl (C=O) groups excluding carboxylic acids is 1. The number of rotatable bonds is 5. The summed E-state index contributed by atoms with van der Waals surface area (Å²) in [5.41, 5.74) is 0.785. The summed E-state index contributed by atoms with van der Waals surface area (Å²) >= 11 is 5.42. The molecule has 0 aromatic heterocycles. The first-order valence-corrected chi connectivity index (χ1v) is 8.10. The van der Waals surface area contributed by atoms with E-state index in [-0.39, 0.29) is 12.3 Å². The van der Waals surface area contributed by atoms with Crippen molar-refractivity contribution >= 4 is 34.9 Å².